The number of hydrogen-bond acceptors (Lipinski definition) is 6. The summed E-state index contributed by atoms with van der Waals surface area (Å²) in [5, 5.41) is 2.87. The second kappa shape index (κ2) is 6.51. The van der Waals surface area contributed by atoms with E-state index in [0.29, 0.717) is 12.3 Å². The van der Waals surface area contributed by atoms with Crippen LogP contribution in [0, 0.1) is 0 Å². The zero-order valence-electron chi connectivity index (χ0n) is 12.8. The van der Waals surface area contributed by atoms with Gasteiger partial charge < -0.3 is 19.5 Å². The van der Waals surface area contributed by atoms with E-state index in [1.54, 1.807) is 24.3 Å². The van der Waals surface area contributed by atoms with Gasteiger partial charge in [-0.1, -0.05) is 6.92 Å². The van der Waals surface area contributed by atoms with E-state index in [4.69, 9.17) is 14.2 Å². The van der Waals surface area contributed by atoms with Crippen LogP contribution >= 0.6 is 0 Å². The fourth-order valence-corrected chi connectivity index (χ4v) is 1.80. The highest BCUT2D eigenvalue weighted by molar-refractivity contribution is 6.15. The summed E-state index contributed by atoms with van der Waals surface area (Å²) in [5.74, 6) is -1.89. The van der Waals surface area contributed by atoms with E-state index in [1.807, 2.05) is 6.92 Å². The van der Waals surface area contributed by atoms with Crippen LogP contribution < -0.4 is 10.1 Å². The molecule has 2 rings (SSSR count). The molecule has 1 aromatic rings. The molecular formula is C16H19NO5. The minimum atomic E-state index is -1.23. The molecule has 0 aromatic heterocycles. The van der Waals surface area contributed by atoms with Gasteiger partial charge in [0.2, 0.25) is 0 Å². The van der Waals surface area contributed by atoms with Crippen molar-refractivity contribution in [3.05, 3.63) is 36.0 Å². The summed E-state index contributed by atoms with van der Waals surface area (Å²) in [4.78, 5) is 23.5. The number of esters is 2. The second-order valence-electron chi connectivity index (χ2n) is 5.25. The molecule has 1 aromatic carbocycles. The maximum Gasteiger partial charge on any atom is 0.350 e. The van der Waals surface area contributed by atoms with Crippen molar-refractivity contribution in [3.63, 3.8) is 0 Å². The van der Waals surface area contributed by atoms with Crippen molar-refractivity contribution >= 4 is 17.6 Å². The van der Waals surface area contributed by atoms with Crippen LogP contribution in [-0.4, -0.2) is 24.3 Å². The lowest BCUT2D eigenvalue weighted by Gasteiger charge is -2.29. The van der Waals surface area contributed by atoms with Crippen molar-refractivity contribution in [2.45, 2.75) is 33.0 Å². The molecule has 1 saturated heterocycles. The molecule has 118 valence electrons. The minimum Gasteiger partial charge on any atom is -0.494 e. The summed E-state index contributed by atoms with van der Waals surface area (Å²) in [6.07, 6.45) is 2.22. The lowest BCUT2D eigenvalue weighted by molar-refractivity contribution is -0.222. The number of nitrogens with one attached hydrogen (secondary N) is 1. The third-order valence-corrected chi connectivity index (χ3v) is 2.83. The SMILES string of the molecule is CCCOc1ccc(NC=C2C(=O)OC(C)(C)OC2=O)cc1. The predicted octanol–water partition coefficient (Wildman–Crippen LogP) is 2.61. The Hall–Kier alpha value is -2.50. The van der Waals surface area contributed by atoms with E-state index in [0.717, 1.165) is 12.2 Å². The van der Waals surface area contributed by atoms with Gasteiger partial charge >= 0.3 is 11.9 Å². The van der Waals surface area contributed by atoms with Crippen molar-refractivity contribution < 1.29 is 23.8 Å². The topological polar surface area (TPSA) is 73.9 Å². The number of ether oxygens (including phenoxy) is 3. The molecule has 0 amide bonds. The van der Waals surface area contributed by atoms with Gasteiger partial charge in [-0.25, -0.2) is 9.59 Å². The van der Waals surface area contributed by atoms with Crippen molar-refractivity contribution in [2.24, 2.45) is 0 Å². The summed E-state index contributed by atoms with van der Waals surface area (Å²) in [6.45, 7) is 5.69. The number of cyclic esters (lactones) is 2. The zero-order chi connectivity index (χ0) is 16.2. The third kappa shape index (κ3) is 4.00. The first-order valence-corrected chi connectivity index (χ1v) is 7.07. The Morgan fingerprint density at radius 3 is 2.27 bits per heavy atom. The Balaban J connectivity index is 2.02. The zero-order valence-corrected chi connectivity index (χ0v) is 12.8. The standard InChI is InChI=1S/C16H19NO5/c1-4-9-20-12-7-5-11(6-8-12)17-10-13-14(18)21-16(2,3)22-15(13)19/h5-8,10,17H,4,9H2,1-3H3. The summed E-state index contributed by atoms with van der Waals surface area (Å²) < 4.78 is 15.5. The molecular weight excluding hydrogens is 286 g/mol. The summed E-state index contributed by atoms with van der Waals surface area (Å²) in [7, 11) is 0. The molecule has 0 atom stereocenters. The summed E-state index contributed by atoms with van der Waals surface area (Å²) in [6, 6.07) is 7.17. The molecule has 6 heteroatoms. The van der Waals surface area contributed by atoms with E-state index >= 15 is 0 Å². The molecule has 0 bridgehead atoms. The molecule has 1 N–H and O–H groups in total. The van der Waals surface area contributed by atoms with E-state index < -0.39 is 17.7 Å². The van der Waals surface area contributed by atoms with Crippen LogP contribution in [0.1, 0.15) is 27.2 Å². The van der Waals surface area contributed by atoms with Crippen LogP contribution in [0.15, 0.2) is 36.0 Å². The van der Waals surface area contributed by atoms with E-state index in [2.05, 4.69) is 5.32 Å². The van der Waals surface area contributed by atoms with Gasteiger partial charge in [-0.05, 0) is 30.7 Å². The fourth-order valence-electron chi connectivity index (χ4n) is 1.80. The Labute approximate surface area is 129 Å². The number of benzene rings is 1. The van der Waals surface area contributed by atoms with Gasteiger partial charge in [0, 0.05) is 25.7 Å². The van der Waals surface area contributed by atoms with E-state index in [9.17, 15) is 9.59 Å². The number of hydrogen-bond donors (Lipinski definition) is 1. The second-order valence-corrected chi connectivity index (χ2v) is 5.25. The van der Waals surface area contributed by atoms with Crippen LogP contribution in [0.3, 0.4) is 0 Å². The maximum absolute atomic E-state index is 11.8. The minimum absolute atomic E-state index is 0.175. The highest BCUT2D eigenvalue weighted by Crippen LogP contribution is 2.23. The molecule has 0 radical (unpaired) electrons. The maximum atomic E-state index is 11.8. The molecule has 1 aliphatic rings. The third-order valence-electron chi connectivity index (χ3n) is 2.83. The molecule has 0 saturated carbocycles. The van der Waals surface area contributed by atoms with Crippen LogP contribution in [0.5, 0.6) is 5.75 Å². The summed E-state index contributed by atoms with van der Waals surface area (Å²) in [5.41, 5.74) is 0.535. The highest BCUT2D eigenvalue weighted by atomic mass is 16.7. The van der Waals surface area contributed by atoms with Crippen LogP contribution in [-0.2, 0) is 19.1 Å². The molecule has 6 nitrogen and oxygen atoms in total. The van der Waals surface area contributed by atoms with E-state index in [-0.39, 0.29) is 5.57 Å². The van der Waals surface area contributed by atoms with Gasteiger partial charge in [-0.3, -0.25) is 0 Å². The first-order valence-electron chi connectivity index (χ1n) is 7.07. The average molecular weight is 305 g/mol. The van der Waals surface area contributed by atoms with E-state index in [1.165, 1.54) is 20.0 Å². The number of carbonyl (C=O) groups excluding carboxylic acids is 2. The Kier molecular flexibility index (Phi) is 4.70. The normalized spacial score (nSPS) is 16.6. The number of carbonyl (C=O) groups is 2. The lowest BCUT2D eigenvalue weighted by Crippen LogP contribution is -2.42. The van der Waals surface area contributed by atoms with Crippen LogP contribution in [0.4, 0.5) is 5.69 Å². The molecule has 0 spiro atoms. The fraction of sp³-hybridized carbons (Fsp3) is 0.375. The largest absolute Gasteiger partial charge is 0.494 e. The monoisotopic (exact) mass is 305 g/mol. The van der Waals surface area contributed by atoms with Gasteiger partial charge in [-0.2, -0.15) is 0 Å². The number of anilines is 1. The van der Waals surface area contributed by atoms with Crippen molar-refractivity contribution in [2.75, 3.05) is 11.9 Å². The number of rotatable bonds is 5. The Bertz CT molecular complexity index is 567. The lowest BCUT2D eigenvalue weighted by atomic mass is 10.2. The Morgan fingerprint density at radius 2 is 1.73 bits per heavy atom. The predicted molar refractivity (Wildman–Crippen MR) is 80.2 cm³/mol. The first-order chi connectivity index (χ1) is 10.4. The smallest absolute Gasteiger partial charge is 0.350 e. The molecule has 1 heterocycles. The van der Waals surface area contributed by atoms with Gasteiger partial charge in [0.15, 0.2) is 5.57 Å². The summed E-state index contributed by atoms with van der Waals surface area (Å²) >= 11 is 0. The molecule has 22 heavy (non-hydrogen) atoms. The quantitative estimate of drug-likeness (QED) is 0.512. The molecule has 0 aliphatic carbocycles. The van der Waals surface area contributed by atoms with Crippen molar-refractivity contribution in [1.29, 1.82) is 0 Å². The molecule has 0 unspecified atom stereocenters. The van der Waals surface area contributed by atoms with Gasteiger partial charge in [0.05, 0.1) is 6.61 Å². The van der Waals surface area contributed by atoms with Gasteiger partial charge in [0.25, 0.3) is 5.79 Å². The van der Waals surface area contributed by atoms with Gasteiger partial charge in [-0.15, -0.1) is 0 Å². The molecule has 1 aliphatic heterocycles. The Morgan fingerprint density at radius 1 is 1.14 bits per heavy atom. The molecule has 1 fully saturated rings. The van der Waals surface area contributed by atoms with Crippen LogP contribution in [0.25, 0.3) is 0 Å². The van der Waals surface area contributed by atoms with Crippen LogP contribution in [0.2, 0.25) is 0 Å². The van der Waals surface area contributed by atoms with Crippen molar-refractivity contribution in [3.8, 4) is 5.75 Å². The van der Waals surface area contributed by atoms with Gasteiger partial charge in [0.1, 0.15) is 5.75 Å². The average Bonchev–Trinajstić information content (AvgIpc) is 2.44. The van der Waals surface area contributed by atoms with Crippen molar-refractivity contribution in [1.82, 2.24) is 0 Å². The highest BCUT2D eigenvalue weighted by Gasteiger charge is 2.38. The first kappa shape index (κ1) is 15.9.